The Hall–Kier alpha value is -1.59. The van der Waals surface area contributed by atoms with Crippen LogP contribution in [0.1, 0.15) is 80.1 Å². The van der Waals surface area contributed by atoms with Gasteiger partial charge in [-0.2, -0.15) is 5.26 Å². The molecule has 0 amide bonds. The number of hydrogen-bond donors (Lipinski definition) is 0. The predicted molar refractivity (Wildman–Crippen MR) is 123 cm³/mol. The van der Waals surface area contributed by atoms with E-state index in [1.807, 2.05) is 0 Å². The van der Waals surface area contributed by atoms with E-state index in [1.165, 1.54) is 16.7 Å². The monoisotopic (exact) mass is 382 g/mol. The second-order valence-electron chi connectivity index (χ2n) is 8.88. The van der Waals surface area contributed by atoms with E-state index < -0.39 is 0 Å². The van der Waals surface area contributed by atoms with Gasteiger partial charge in [0.25, 0.3) is 0 Å². The summed E-state index contributed by atoms with van der Waals surface area (Å²) >= 11 is 0. The summed E-state index contributed by atoms with van der Waals surface area (Å²) in [6.07, 6.45) is 13.5. The van der Waals surface area contributed by atoms with Crippen molar-refractivity contribution in [3.63, 3.8) is 0 Å². The largest absolute Gasteiger partial charge is 0.296 e. The first-order valence-electron chi connectivity index (χ1n) is 11.2. The molecule has 0 spiro atoms. The quantitative estimate of drug-likeness (QED) is 0.311. The van der Waals surface area contributed by atoms with Gasteiger partial charge in [-0.25, -0.2) is 0 Å². The van der Waals surface area contributed by atoms with Gasteiger partial charge in [0.15, 0.2) is 0 Å². The minimum atomic E-state index is 0.191. The molecule has 0 saturated heterocycles. The Bertz CT molecular complexity index is 627. The standard InChI is InChI=1S/C26H42N2/c1-8-11-22(5)23(6)12-9-10-14-28-15-13-21(4)17-25(16-20(2)3)18-26(19-27)24(28)7/h11,17-18,20-21,24H,6,8-10,12-16H2,1-5,7H3/b22-11+,25-17-,26-18-. The van der Waals surface area contributed by atoms with Crippen molar-refractivity contribution < 1.29 is 0 Å². The van der Waals surface area contributed by atoms with Gasteiger partial charge in [0.1, 0.15) is 0 Å². The van der Waals surface area contributed by atoms with Crippen LogP contribution in [0.3, 0.4) is 0 Å². The topological polar surface area (TPSA) is 27.0 Å². The van der Waals surface area contributed by atoms with Crippen molar-refractivity contribution in [3.8, 4) is 6.07 Å². The van der Waals surface area contributed by atoms with Gasteiger partial charge >= 0.3 is 0 Å². The molecular formula is C26H42N2. The van der Waals surface area contributed by atoms with Gasteiger partial charge in [-0.15, -0.1) is 0 Å². The molecule has 1 aliphatic rings. The number of allylic oxidation sites excluding steroid dienone is 6. The summed E-state index contributed by atoms with van der Waals surface area (Å²) in [5, 5.41) is 9.77. The number of rotatable bonds is 9. The highest BCUT2D eigenvalue weighted by atomic mass is 15.1. The van der Waals surface area contributed by atoms with E-state index in [1.54, 1.807) is 0 Å². The maximum absolute atomic E-state index is 9.77. The second kappa shape index (κ2) is 12.8. The zero-order chi connectivity index (χ0) is 21.1. The van der Waals surface area contributed by atoms with E-state index in [0.717, 1.165) is 57.2 Å². The molecule has 0 fully saturated rings. The van der Waals surface area contributed by atoms with Crippen molar-refractivity contribution in [2.24, 2.45) is 11.8 Å². The lowest BCUT2D eigenvalue weighted by Gasteiger charge is -2.29. The normalized spacial score (nSPS) is 25.7. The molecule has 0 bridgehead atoms. The molecule has 0 N–H and O–H groups in total. The van der Waals surface area contributed by atoms with Crippen LogP contribution in [0.2, 0.25) is 0 Å². The third kappa shape index (κ3) is 8.61. The summed E-state index contributed by atoms with van der Waals surface area (Å²) in [7, 11) is 0. The molecule has 0 aromatic carbocycles. The molecular weight excluding hydrogens is 340 g/mol. The third-order valence-corrected chi connectivity index (χ3v) is 5.72. The summed E-state index contributed by atoms with van der Waals surface area (Å²) in [5.41, 5.74) is 4.85. The van der Waals surface area contributed by atoms with Crippen LogP contribution in [0.4, 0.5) is 0 Å². The van der Waals surface area contributed by atoms with Crippen LogP contribution >= 0.6 is 0 Å². The lowest BCUT2D eigenvalue weighted by Crippen LogP contribution is -2.36. The van der Waals surface area contributed by atoms with E-state index in [0.29, 0.717) is 11.8 Å². The highest BCUT2D eigenvalue weighted by molar-refractivity contribution is 5.36. The van der Waals surface area contributed by atoms with Crippen molar-refractivity contribution in [1.82, 2.24) is 4.90 Å². The Labute approximate surface area is 174 Å². The fourth-order valence-electron chi connectivity index (χ4n) is 3.91. The van der Waals surface area contributed by atoms with Crippen LogP contribution in [0.5, 0.6) is 0 Å². The fraction of sp³-hybridized carbons (Fsp3) is 0.654. The molecule has 0 aromatic rings. The first kappa shape index (κ1) is 24.4. The Morgan fingerprint density at radius 1 is 1.36 bits per heavy atom. The van der Waals surface area contributed by atoms with Crippen LogP contribution in [0.15, 0.2) is 47.1 Å². The maximum Gasteiger partial charge on any atom is 0.0963 e. The predicted octanol–water partition coefficient (Wildman–Crippen LogP) is 7.22. The van der Waals surface area contributed by atoms with E-state index in [2.05, 4.69) is 77.3 Å². The lowest BCUT2D eigenvalue weighted by atomic mass is 9.96. The second-order valence-corrected chi connectivity index (χ2v) is 8.88. The molecule has 1 heterocycles. The van der Waals surface area contributed by atoms with Gasteiger partial charge in [-0.05, 0) is 83.4 Å². The van der Waals surface area contributed by atoms with Crippen LogP contribution in [-0.4, -0.2) is 24.0 Å². The van der Waals surface area contributed by atoms with Crippen LogP contribution in [0.25, 0.3) is 0 Å². The van der Waals surface area contributed by atoms with Crippen LogP contribution in [-0.2, 0) is 0 Å². The molecule has 0 radical (unpaired) electrons. The molecule has 2 nitrogen and oxygen atoms in total. The third-order valence-electron chi connectivity index (χ3n) is 5.72. The Morgan fingerprint density at radius 3 is 2.68 bits per heavy atom. The number of unbranched alkanes of at least 4 members (excludes halogenated alkanes) is 1. The Balaban J connectivity index is 2.74. The highest BCUT2D eigenvalue weighted by Crippen LogP contribution is 2.24. The Morgan fingerprint density at radius 2 is 2.07 bits per heavy atom. The maximum atomic E-state index is 9.77. The molecule has 0 aromatic heterocycles. The minimum absolute atomic E-state index is 0.191. The molecule has 2 unspecified atom stereocenters. The van der Waals surface area contributed by atoms with Gasteiger partial charge in [0.2, 0.25) is 0 Å². The molecule has 1 rings (SSSR count). The molecule has 1 aliphatic heterocycles. The van der Waals surface area contributed by atoms with Gasteiger partial charge in [0, 0.05) is 11.6 Å². The molecule has 0 saturated carbocycles. The Kier molecular flexibility index (Phi) is 11.2. The molecule has 28 heavy (non-hydrogen) atoms. The summed E-state index contributed by atoms with van der Waals surface area (Å²) < 4.78 is 0. The first-order chi connectivity index (χ1) is 13.3. The first-order valence-corrected chi connectivity index (χ1v) is 11.2. The van der Waals surface area contributed by atoms with E-state index in [9.17, 15) is 5.26 Å². The molecule has 156 valence electrons. The van der Waals surface area contributed by atoms with E-state index in [4.69, 9.17) is 0 Å². The van der Waals surface area contributed by atoms with Gasteiger partial charge in [0.05, 0.1) is 6.07 Å². The average Bonchev–Trinajstić information content (AvgIpc) is 2.68. The number of nitrogens with zero attached hydrogens (tertiary/aromatic N) is 2. The van der Waals surface area contributed by atoms with E-state index in [-0.39, 0.29) is 6.04 Å². The lowest BCUT2D eigenvalue weighted by molar-refractivity contribution is 0.222. The van der Waals surface area contributed by atoms with Crippen molar-refractivity contribution >= 4 is 0 Å². The summed E-state index contributed by atoms with van der Waals surface area (Å²) in [4.78, 5) is 2.51. The highest BCUT2D eigenvalue weighted by Gasteiger charge is 2.20. The summed E-state index contributed by atoms with van der Waals surface area (Å²) in [5.74, 6) is 1.17. The van der Waals surface area contributed by atoms with Crippen molar-refractivity contribution in [1.29, 1.82) is 5.26 Å². The molecule has 0 aliphatic carbocycles. The summed E-state index contributed by atoms with van der Waals surface area (Å²) in [6, 6.07) is 2.68. The van der Waals surface area contributed by atoms with Crippen molar-refractivity contribution in [3.05, 3.63) is 47.1 Å². The van der Waals surface area contributed by atoms with E-state index >= 15 is 0 Å². The van der Waals surface area contributed by atoms with Crippen molar-refractivity contribution in [2.45, 2.75) is 86.1 Å². The van der Waals surface area contributed by atoms with Gasteiger partial charge in [-0.3, -0.25) is 4.90 Å². The van der Waals surface area contributed by atoms with Gasteiger partial charge < -0.3 is 0 Å². The average molecular weight is 383 g/mol. The smallest absolute Gasteiger partial charge is 0.0963 e. The molecule has 2 atom stereocenters. The van der Waals surface area contributed by atoms with Crippen molar-refractivity contribution in [2.75, 3.05) is 13.1 Å². The zero-order valence-electron chi connectivity index (χ0n) is 19.2. The number of nitriles is 1. The van der Waals surface area contributed by atoms with Crippen LogP contribution < -0.4 is 0 Å². The minimum Gasteiger partial charge on any atom is -0.296 e. The molecule has 2 heteroatoms. The fourth-order valence-corrected chi connectivity index (χ4v) is 3.91. The van der Waals surface area contributed by atoms with Crippen LogP contribution in [0, 0.1) is 23.2 Å². The number of hydrogen-bond acceptors (Lipinski definition) is 2. The zero-order valence-corrected chi connectivity index (χ0v) is 19.2. The van der Waals surface area contributed by atoms with Gasteiger partial charge in [-0.1, -0.05) is 63.1 Å². The SMILES string of the molecule is C=C(CCCCN1CCC(C)/C=C(CC(C)C)\C=C(\C#N)C1C)/C(C)=C/CC. The summed E-state index contributed by atoms with van der Waals surface area (Å²) in [6.45, 7) is 19.7.